The number of alkyl halides is 6. The van der Waals surface area contributed by atoms with Crippen molar-refractivity contribution in [2.24, 2.45) is 23.7 Å². The Morgan fingerprint density at radius 2 is 1.65 bits per heavy atom. The molecule has 0 radical (unpaired) electrons. The lowest BCUT2D eigenvalue weighted by molar-refractivity contribution is -0.162. The van der Waals surface area contributed by atoms with E-state index >= 15 is 0 Å². The van der Waals surface area contributed by atoms with E-state index in [0.717, 1.165) is 76.0 Å². The molecule has 7 rings (SSSR count). The van der Waals surface area contributed by atoms with Gasteiger partial charge in [0.25, 0.3) is 5.91 Å². The van der Waals surface area contributed by atoms with Crippen LogP contribution in [0.3, 0.4) is 0 Å². The molecule has 1 aromatic heterocycles. The third-order valence-electron chi connectivity index (χ3n) is 11.6. The van der Waals surface area contributed by atoms with Gasteiger partial charge in [0.2, 0.25) is 5.95 Å². The van der Waals surface area contributed by atoms with Gasteiger partial charge in [0.05, 0.1) is 12.1 Å². The molecule has 9 nitrogen and oxygen atoms in total. The minimum absolute atomic E-state index is 0.0998. The summed E-state index contributed by atoms with van der Waals surface area (Å²) in [5.41, 5.74) is -0.772. The van der Waals surface area contributed by atoms with Crippen LogP contribution >= 0.6 is 0 Å². The molecule has 2 bridgehead atoms. The van der Waals surface area contributed by atoms with Crippen molar-refractivity contribution in [3.8, 4) is 5.75 Å². The third kappa shape index (κ3) is 7.92. The van der Waals surface area contributed by atoms with E-state index in [2.05, 4.69) is 15.3 Å². The van der Waals surface area contributed by atoms with E-state index in [0.29, 0.717) is 29.8 Å². The van der Waals surface area contributed by atoms with Crippen molar-refractivity contribution in [1.29, 1.82) is 0 Å². The molecule has 4 fully saturated rings. The predicted molar refractivity (Wildman–Crippen MR) is 174 cm³/mol. The first-order valence-corrected chi connectivity index (χ1v) is 18.0. The molecule has 3 saturated carbocycles. The number of nitrogens with zero attached hydrogens (tertiary/aromatic N) is 4. The summed E-state index contributed by atoms with van der Waals surface area (Å²) in [7, 11) is 0. The maximum atomic E-state index is 14.5. The standard InChI is InChI=1S/C36H43F6N5O4/c37-35(38,39)20-46-17-26(18-46)51-25-4-5-29-28(14-25)34(6-2-1-3-7-34)19-47(29)33-44-16-27(31(45-33)36(40,41)42)32(50)43-15-24-11-21-8-22(12-24)10-23(9-21)13-30(48)49/h4-5,14,16,21-24,26H,1-3,6-13,15,17-20H2,(H,43,50)(H,48,49). The summed E-state index contributed by atoms with van der Waals surface area (Å²) in [5, 5.41) is 11.9. The van der Waals surface area contributed by atoms with Crippen LogP contribution in [0.4, 0.5) is 38.0 Å². The van der Waals surface area contributed by atoms with Crippen molar-refractivity contribution >= 4 is 23.5 Å². The number of likely N-dealkylation sites (tertiary alicyclic amines) is 1. The van der Waals surface area contributed by atoms with Gasteiger partial charge in [-0.1, -0.05) is 19.3 Å². The average molecular weight is 724 g/mol. The normalized spacial score (nSPS) is 26.4. The van der Waals surface area contributed by atoms with Crippen molar-refractivity contribution in [1.82, 2.24) is 20.2 Å². The fraction of sp³-hybridized carbons (Fsp3) is 0.667. The molecule has 1 aromatic carbocycles. The molecule has 2 atom stereocenters. The number of carboxylic acid groups (broad SMARTS) is 1. The summed E-state index contributed by atoms with van der Waals surface area (Å²) >= 11 is 0. The van der Waals surface area contributed by atoms with E-state index in [1.54, 1.807) is 17.0 Å². The van der Waals surface area contributed by atoms with Gasteiger partial charge in [-0.05, 0) is 92.4 Å². The second kappa shape index (κ2) is 13.7. The number of ether oxygens (including phenoxy) is 1. The Bertz CT molecular complexity index is 1610. The first-order valence-electron chi connectivity index (χ1n) is 18.0. The fourth-order valence-electron chi connectivity index (χ4n) is 9.65. The number of fused-ring (bicyclic) bond motifs is 4. The van der Waals surface area contributed by atoms with E-state index in [4.69, 9.17) is 4.74 Å². The highest BCUT2D eigenvalue weighted by Gasteiger charge is 2.47. The maximum Gasteiger partial charge on any atom is 0.434 e. The van der Waals surface area contributed by atoms with Gasteiger partial charge in [0.1, 0.15) is 11.9 Å². The van der Waals surface area contributed by atoms with Crippen molar-refractivity contribution in [2.75, 3.05) is 37.6 Å². The molecule has 5 aliphatic rings. The second-order valence-electron chi connectivity index (χ2n) is 15.5. The number of amides is 1. The van der Waals surface area contributed by atoms with Gasteiger partial charge < -0.3 is 20.1 Å². The first kappa shape index (κ1) is 35.8. The van der Waals surface area contributed by atoms with Gasteiger partial charge in [0.15, 0.2) is 5.69 Å². The number of aromatic nitrogens is 2. The van der Waals surface area contributed by atoms with E-state index in [9.17, 15) is 41.0 Å². The molecule has 1 saturated heterocycles. The highest BCUT2D eigenvalue weighted by molar-refractivity contribution is 5.95. The summed E-state index contributed by atoms with van der Waals surface area (Å²) in [6.07, 6.45) is 0.299. The SMILES string of the molecule is O=C(O)CC1CC2CC(CNC(=O)c3cnc(N4CC5(CCCCC5)c5cc(OC6CN(CC(F)(F)F)C6)ccc54)nc3C(F)(F)F)CC(C1)C2. The predicted octanol–water partition coefficient (Wildman–Crippen LogP) is 7.12. The van der Waals surface area contributed by atoms with E-state index in [-0.39, 0.29) is 49.3 Å². The first-order chi connectivity index (χ1) is 24.1. The molecule has 2 N–H and O–H groups in total. The van der Waals surface area contributed by atoms with Crippen LogP contribution in [0.25, 0.3) is 0 Å². The third-order valence-corrected chi connectivity index (χ3v) is 11.6. The number of carbonyl (C=O) groups excluding carboxylic acids is 1. The number of rotatable bonds is 9. The van der Waals surface area contributed by atoms with Crippen LogP contribution in [-0.4, -0.2) is 76.9 Å². The van der Waals surface area contributed by atoms with Crippen molar-refractivity contribution in [2.45, 2.75) is 94.5 Å². The quantitative estimate of drug-likeness (QED) is 0.264. The highest BCUT2D eigenvalue weighted by Crippen LogP contribution is 2.52. The lowest BCUT2D eigenvalue weighted by Gasteiger charge is -2.42. The number of hydrogen-bond donors (Lipinski definition) is 2. The number of carboxylic acids is 1. The number of carbonyl (C=O) groups is 2. The van der Waals surface area contributed by atoms with Crippen LogP contribution in [0.2, 0.25) is 0 Å². The molecule has 278 valence electrons. The summed E-state index contributed by atoms with van der Waals surface area (Å²) < 4.78 is 87.8. The minimum atomic E-state index is -4.92. The van der Waals surface area contributed by atoms with Gasteiger partial charge in [0, 0.05) is 49.9 Å². The molecule has 2 unspecified atom stereocenters. The Morgan fingerprint density at radius 3 is 2.29 bits per heavy atom. The summed E-state index contributed by atoms with van der Waals surface area (Å²) in [5.74, 6) is -0.395. The number of halogens is 6. The Balaban J connectivity index is 1.06. The number of anilines is 2. The van der Waals surface area contributed by atoms with Gasteiger partial charge in [-0.3, -0.25) is 14.5 Å². The summed E-state index contributed by atoms with van der Waals surface area (Å²) in [4.78, 5) is 35.7. The fourth-order valence-corrected chi connectivity index (χ4v) is 9.65. The molecule has 51 heavy (non-hydrogen) atoms. The molecule has 15 heteroatoms. The summed E-state index contributed by atoms with van der Waals surface area (Å²) in [6, 6.07) is 5.30. The molecular formula is C36H43F6N5O4. The van der Waals surface area contributed by atoms with Crippen molar-refractivity contribution in [3.05, 3.63) is 41.2 Å². The van der Waals surface area contributed by atoms with E-state index in [1.807, 2.05) is 6.07 Å². The molecule has 2 aromatic rings. The number of hydrogen-bond acceptors (Lipinski definition) is 7. The van der Waals surface area contributed by atoms with Crippen LogP contribution in [0.5, 0.6) is 5.75 Å². The Labute approximate surface area is 292 Å². The van der Waals surface area contributed by atoms with Gasteiger partial charge in [-0.2, -0.15) is 26.3 Å². The van der Waals surface area contributed by atoms with E-state index < -0.39 is 48.1 Å². The average Bonchev–Trinajstić information content (AvgIpc) is 3.33. The van der Waals surface area contributed by atoms with Crippen LogP contribution in [0.15, 0.2) is 24.4 Å². The van der Waals surface area contributed by atoms with Gasteiger partial charge in [-0.25, -0.2) is 9.97 Å². The van der Waals surface area contributed by atoms with Crippen molar-refractivity contribution in [3.63, 3.8) is 0 Å². The molecular weight excluding hydrogens is 680 g/mol. The molecule has 3 heterocycles. The lowest BCUT2D eigenvalue weighted by atomic mass is 9.64. The zero-order valence-corrected chi connectivity index (χ0v) is 28.2. The zero-order chi connectivity index (χ0) is 36.1. The lowest BCUT2D eigenvalue weighted by Crippen LogP contribution is -2.56. The largest absolute Gasteiger partial charge is 0.488 e. The second-order valence-corrected chi connectivity index (χ2v) is 15.5. The van der Waals surface area contributed by atoms with Crippen LogP contribution in [-0.2, 0) is 16.4 Å². The topological polar surface area (TPSA) is 108 Å². The molecule has 3 aliphatic carbocycles. The van der Waals surface area contributed by atoms with E-state index in [1.165, 1.54) is 4.90 Å². The van der Waals surface area contributed by atoms with Gasteiger partial charge in [-0.15, -0.1) is 0 Å². The smallest absolute Gasteiger partial charge is 0.434 e. The van der Waals surface area contributed by atoms with Crippen LogP contribution in [0, 0.1) is 23.7 Å². The Hall–Kier alpha value is -3.62. The summed E-state index contributed by atoms with van der Waals surface area (Å²) in [6.45, 7) is -0.108. The minimum Gasteiger partial charge on any atom is -0.488 e. The number of aliphatic carboxylic acids is 1. The number of benzene rings is 1. The zero-order valence-electron chi connectivity index (χ0n) is 28.2. The molecule has 1 spiro atoms. The van der Waals surface area contributed by atoms with Gasteiger partial charge >= 0.3 is 18.3 Å². The highest BCUT2D eigenvalue weighted by atomic mass is 19.4. The molecule has 1 amide bonds. The number of nitrogens with one attached hydrogen (secondary N) is 1. The van der Waals surface area contributed by atoms with Crippen LogP contribution in [0.1, 0.15) is 92.2 Å². The molecule has 2 aliphatic heterocycles. The van der Waals surface area contributed by atoms with Crippen molar-refractivity contribution < 1.29 is 45.8 Å². The maximum absolute atomic E-state index is 14.5. The van der Waals surface area contributed by atoms with Crippen LogP contribution < -0.4 is 15.0 Å². The Kier molecular flexibility index (Phi) is 9.64. The monoisotopic (exact) mass is 723 g/mol. The Morgan fingerprint density at radius 1 is 0.961 bits per heavy atom.